The van der Waals surface area contributed by atoms with E-state index in [4.69, 9.17) is 9.47 Å². The van der Waals surface area contributed by atoms with E-state index in [-0.39, 0.29) is 17.5 Å². The molecule has 0 spiro atoms. The number of hydrogen-bond acceptors (Lipinski definition) is 7. The molecule has 1 amide bonds. The number of aromatic nitrogens is 1. The molecule has 1 saturated heterocycles. The molecule has 9 heteroatoms. The van der Waals surface area contributed by atoms with Crippen LogP contribution in [0.3, 0.4) is 0 Å². The van der Waals surface area contributed by atoms with E-state index in [0.29, 0.717) is 35.5 Å². The summed E-state index contributed by atoms with van der Waals surface area (Å²) in [6, 6.07) is 11.4. The van der Waals surface area contributed by atoms with Crippen LogP contribution in [-0.2, 0) is 13.0 Å². The Kier molecular flexibility index (Phi) is 8.73. The van der Waals surface area contributed by atoms with Gasteiger partial charge in [0.1, 0.15) is 11.5 Å². The molecule has 0 radical (unpaired) electrons. The number of carbonyl (C=O) groups is 1. The molecule has 5 rings (SSSR count). The van der Waals surface area contributed by atoms with Crippen LogP contribution in [0.5, 0.6) is 11.5 Å². The predicted octanol–water partition coefficient (Wildman–Crippen LogP) is 4.55. The smallest absolute Gasteiger partial charge is 0.258 e. The number of nitrogens with zero attached hydrogens (tertiary/aromatic N) is 3. The first-order valence-corrected chi connectivity index (χ1v) is 14.2. The molecule has 0 bridgehead atoms. The van der Waals surface area contributed by atoms with Crippen LogP contribution in [0, 0.1) is 6.92 Å². The number of hydrogen-bond donors (Lipinski definition) is 2. The van der Waals surface area contributed by atoms with Gasteiger partial charge in [0.15, 0.2) is 0 Å². The highest BCUT2D eigenvalue weighted by Gasteiger charge is 2.28. The summed E-state index contributed by atoms with van der Waals surface area (Å²) < 4.78 is 10.9. The minimum absolute atomic E-state index is 0.0177. The third-order valence-electron chi connectivity index (χ3n) is 7.93. The third kappa shape index (κ3) is 6.46. The Morgan fingerprint density at radius 2 is 1.88 bits per heavy atom. The lowest BCUT2D eigenvalue weighted by Crippen LogP contribution is -2.33. The quantitative estimate of drug-likeness (QED) is 0.336. The number of benzene rings is 2. The van der Waals surface area contributed by atoms with Gasteiger partial charge in [-0.15, -0.1) is 0 Å². The van der Waals surface area contributed by atoms with Gasteiger partial charge in [0, 0.05) is 43.7 Å². The lowest BCUT2D eigenvalue weighted by Gasteiger charge is -2.20. The molecule has 2 aliphatic heterocycles. The number of amides is 1. The van der Waals surface area contributed by atoms with E-state index in [1.165, 1.54) is 12.8 Å². The van der Waals surface area contributed by atoms with Crippen LogP contribution in [-0.4, -0.2) is 73.3 Å². The van der Waals surface area contributed by atoms with Gasteiger partial charge in [-0.2, -0.15) is 0 Å². The summed E-state index contributed by atoms with van der Waals surface area (Å²) in [5.74, 6) is 1.59. The maximum Gasteiger partial charge on any atom is 0.258 e. The van der Waals surface area contributed by atoms with Crippen LogP contribution in [0.4, 0.5) is 11.4 Å². The first-order valence-electron chi connectivity index (χ1n) is 14.2. The number of aryl methyl sites for hydroxylation is 1. The fourth-order valence-corrected chi connectivity index (χ4v) is 5.69. The second-order valence-corrected chi connectivity index (χ2v) is 10.9. The number of rotatable bonds is 11. The van der Waals surface area contributed by atoms with Crippen molar-refractivity contribution in [2.24, 2.45) is 4.99 Å². The van der Waals surface area contributed by atoms with Gasteiger partial charge in [-0.1, -0.05) is 6.07 Å². The Hall–Kier alpha value is -4.11. The van der Waals surface area contributed by atoms with Crippen molar-refractivity contribution < 1.29 is 14.3 Å². The molecule has 0 saturated carbocycles. The molecule has 9 nitrogen and oxygen atoms in total. The van der Waals surface area contributed by atoms with E-state index in [9.17, 15) is 9.59 Å². The fraction of sp³-hybridized carbons (Fsp3) is 0.406. The van der Waals surface area contributed by atoms with E-state index < -0.39 is 0 Å². The van der Waals surface area contributed by atoms with Crippen LogP contribution < -0.4 is 20.3 Å². The SMILES string of the molecule is COc1ccc(OC)c(C[C@H](C)Nc2cc[nH]c(=O)c2C=Nc2cc3c(cc2C)CN(CCN2CCCC2)C3=O)c1. The second kappa shape index (κ2) is 12.6. The standard InChI is InChI=1S/C32H39N5O4/c1-21-15-24-20-37(14-13-36-11-5-6-12-36)32(39)26(24)18-29(21)34-19-27-28(9-10-33-31(27)38)35-22(2)16-23-17-25(40-3)7-8-30(23)41-4/h7-10,15,17-19,22H,5-6,11-14,16,20H2,1-4H3,(H2,33,35,38)/t22-/m0/s1. The molecule has 3 aromatic rings. The zero-order chi connectivity index (χ0) is 28.9. The normalized spacial score (nSPS) is 15.9. The number of likely N-dealkylation sites (tertiary alicyclic amines) is 1. The number of anilines is 1. The van der Waals surface area contributed by atoms with Crippen molar-refractivity contribution in [3.8, 4) is 11.5 Å². The Balaban J connectivity index is 1.31. The maximum atomic E-state index is 13.2. The summed E-state index contributed by atoms with van der Waals surface area (Å²) in [5, 5.41) is 3.46. The zero-order valence-electron chi connectivity index (χ0n) is 24.3. The number of nitrogens with one attached hydrogen (secondary N) is 2. The van der Waals surface area contributed by atoms with Crippen molar-refractivity contribution in [3.63, 3.8) is 0 Å². The van der Waals surface area contributed by atoms with Gasteiger partial charge in [0.25, 0.3) is 11.5 Å². The van der Waals surface area contributed by atoms with E-state index in [1.807, 2.05) is 55.1 Å². The van der Waals surface area contributed by atoms with Crippen LogP contribution >= 0.6 is 0 Å². The second-order valence-electron chi connectivity index (χ2n) is 10.9. The summed E-state index contributed by atoms with van der Waals surface area (Å²) in [6.07, 6.45) is 6.35. The molecule has 41 heavy (non-hydrogen) atoms. The number of pyridine rings is 1. The largest absolute Gasteiger partial charge is 0.497 e. The summed E-state index contributed by atoms with van der Waals surface area (Å²) in [5.41, 5.74) is 5.24. The van der Waals surface area contributed by atoms with Crippen molar-refractivity contribution in [1.29, 1.82) is 0 Å². The molecular weight excluding hydrogens is 518 g/mol. The minimum atomic E-state index is -0.243. The average Bonchev–Trinajstić information content (AvgIpc) is 3.59. The Labute approximate surface area is 241 Å². The molecule has 2 N–H and O–H groups in total. The fourth-order valence-electron chi connectivity index (χ4n) is 5.69. The van der Waals surface area contributed by atoms with Crippen molar-refractivity contribution >= 4 is 23.5 Å². The van der Waals surface area contributed by atoms with Crippen LogP contribution in [0.15, 0.2) is 52.4 Å². The van der Waals surface area contributed by atoms with E-state index >= 15 is 0 Å². The third-order valence-corrected chi connectivity index (χ3v) is 7.93. The number of aliphatic imine (C=N–C) groups is 1. The molecule has 1 atom stereocenters. The highest BCUT2D eigenvalue weighted by molar-refractivity contribution is 5.99. The number of methoxy groups -OCH3 is 2. The molecule has 0 unspecified atom stereocenters. The molecule has 1 fully saturated rings. The van der Waals surface area contributed by atoms with E-state index in [1.54, 1.807) is 26.6 Å². The molecule has 3 heterocycles. The van der Waals surface area contributed by atoms with Crippen molar-refractivity contribution in [3.05, 3.63) is 80.8 Å². The van der Waals surface area contributed by atoms with Gasteiger partial charge in [-0.05, 0) is 93.2 Å². The monoisotopic (exact) mass is 557 g/mol. The highest BCUT2D eigenvalue weighted by atomic mass is 16.5. The van der Waals surface area contributed by atoms with Crippen molar-refractivity contribution in [2.75, 3.05) is 45.7 Å². The topological polar surface area (TPSA) is 99.3 Å². The lowest BCUT2D eigenvalue weighted by molar-refractivity contribution is 0.0763. The number of ether oxygens (including phenoxy) is 2. The Bertz CT molecular complexity index is 1490. The summed E-state index contributed by atoms with van der Waals surface area (Å²) >= 11 is 0. The zero-order valence-corrected chi connectivity index (χ0v) is 24.3. The predicted molar refractivity (Wildman–Crippen MR) is 162 cm³/mol. The number of carbonyl (C=O) groups excluding carboxylic acids is 1. The van der Waals surface area contributed by atoms with Crippen LogP contribution in [0.1, 0.15) is 52.4 Å². The number of H-pyrrole nitrogens is 1. The molecule has 2 aromatic carbocycles. The van der Waals surface area contributed by atoms with Gasteiger partial charge in [-0.25, -0.2) is 0 Å². The van der Waals surface area contributed by atoms with Gasteiger partial charge in [-0.3, -0.25) is 14.6 Å². The van der Waals surface area contributed by atoms with E-state index in [0.717, 1.165) is 54.4 Å². The maximum absolute atomic E-state index is 13.2. The Morgan fingerprint density at radius 3 is 2.63 bits per heavy atom. The Morgan fingerprint density at radius 1 is 1.07 bits per heavy atom. The van der Waals surface area contributed by atoms with E-state index in [2.05, 4.69) is 20.2 Å². The summed E-state index contributed by atoms with van der Waals surface area (Å²) in [6.45, 7) is 8.57. The lowest BCUT2D eigenvalue weighted by atomic mass is 10.0. The van der Waals surface area contributed by atoms with Gasteiger partial charge >= 0.3 is 0 Å². The molecule has 216 valence electrons. The van der Waals surface area contributed by atoms with Crippen molar-refractivity contribution in [2.45, 2.75) is 45.7 Å². The van der Waals surface area contributed by atoms with Crippen molar-refractivity contribution in [1.82, 2.24) is 14.8 Å². The summed E-state index contributed by atoms with van der Waals surface area (Å²) in [7, 11) is 3.29. The number of aromatic amines is 1. The first-order chi connectivity index (χ1) is 19.9. The molecule has 0 aliphatic carbocycles. The molecular formula is C32H39N5O4. The van der Waals surface area contributed by atoms with Gasteiger partial charge < -0.3 is 29.6 Å². The van der Waals surface area contributed by atoms with Gasteiger partial charge in [0.2, 0.25) is 0 Å². The average molecular weight is 558 g/mol. The minimum Gasteiger partial charge on any atom is -0.497 e. The highest BCUT2D eigenvalue weighted by Crippen LogP contribution is 2.31. The molecule has 1 aromatic heterocycles. The van der Waals surface area contributed by atoms with Crippen LogP contribution in [0.25, 0.3) is 0 Å². The number of fused-ring (bicyclic) bond motifs is 1. The summed E-state index contributed by atoms with van der Waals surface area (Å²) in [4.78, 5) is 37.8. The van der Waals surface area contributed by atoms with Gasteiger partial charge in [0.05, 0.1) is 31.2 Å². The molecule has 2 aliphatic rings. The van der Waals surface area contributed by atoms with Crippen LogP contribution in [0.2, 0.25) is 0 Å². The first kappa shape index (κ1) is 28.4.